The number of hydrogen-bond donors (Lipinski definition) is 0. The molecule has 1 aliphatic carbocycles. The van der Waals surface area contributed by atoms with Crippen molar-refractivity contribution < 1.29 is 0 Å². The third-order valence-electron chi connectivity index (χ3n) is 2.59. The second-order valence-electron chi connectivity index (χ2n) is 3.60. The minimum absolute atomic E-state index is 1.10. The minimum atomic E-state index is 1.10. The molecule has 0 bridgehead atoms. The van der Waals surface area contributed by atoms with Crippen molar-refractivity contribution in [1.82, 2.24) is 0 Å². The Morgan fingerprint density at radius 2 is 2.00 bits per heavy atom. The first-order chi connectivity index (χ1) is 7.42. The summed E-state index contributed by atoms with van der Waals surface area (Å²) in [6.45, 7) is 0. The Labute approximate surface area is 90.9 Å². The highest BCUT2D eigenvalue weighted by Crippen LogP contribution is 2.18. The van der Waals surface area contributed by atoms with Gasteiger partial charge in [0, 0.05) is 7.05 Å². The molecule has 1 aliphatic rings. The average Bonchev–Trinajstić information content (AvgIpc) is 2.33. The monoisotopic (exact) mass is 197 g/mol. The molecular formula is C14H15N. The number of benzene rings is 1. The fourth-order valence-electron chi connectivity index (χ4n) is 1.85. The van der Waals surface area contributed by atoms with E-state index in [1.807, 2.05) is 13.1 Å². The molecule has 0 radical (unpaired) electrons. The topological polar surface area (TPSA) is 12.4 Å². The molecule has 0 amide bonds. The predicted octanol–water partition coefficient (Wildman–Crippen LogP) is 3.38. The van der Waals surface area contributed by atoms with Crippen LogP contribution in [0, 0.1) is 0 Å². The van der Waals surface area contributed by atoms with Gasteiger partial charge in [-0.25, -0.2) is 0 Å². The molecule has 0 fully saturated rings. The van der Waals surface area contributed by atoms with Crippen LogP contribution in [0.15, 0.2) is 59.1 Å². The number of aliphatic imine (C=N–C) groups is 1. The van der Waals surface area contributed by atoms with E-state index in [1.54, 1.807) is 0 Å². The van der Waals surface area contributed by atoms with Gasteiger partial charge in [-0.15, -0.1) is 0 Å². The van der Waals surface area contributed by atoms with E-state index in [9.17, 15) is 0 Å². The fraction of sp³-hybridized carbons (Fsp3) is 0.214. The lowest BCUT2D eigenvalue weighted by atomic mass is 9.95. The van der Waals surface area contributed by atoms with Crippen molar-refractivity contribution in [3.05, 3.63) is 59.7 Å². The van der Waals surface area contributed by atoms with Crippen molar-refractivity contribution in [1.29, 1.82) is 0 Å². The Morgan fingerprint density at radius 1 is 1.20 bits per heavy atom. The third-order valence-corrected chi connectivity index (χ3v) is 2.59. The van der Waals surface area contributed by atoms with Crippen molar-refractivity contribution >= 4 is 5.71 Å². The predicted molar refractivity (Wildman–Crippen MR) is 65.4 cm³/mol. The Balaban J connectivity index is 2.33. The van der Waals surface area contributed by atoms with Gasteiger partial charge in [0.15, 0.2) is 0 Å². The van der Waals surface area contributed by atoms with Crippen molar-refractivity contribution in [2.75, 3.05) is 7.05 Å². The van der Waals surface area contributed by atoms with E-state index in [4.69, 9.17) is 0 Å². The molecule has 0 spiro atoms. The zero-order valence-electron chi connectivity index (χ0n) is 8.98. The molecule has 76 valence electrons. The zero-order valence-corrected chi connectivity index (χ0v) is 8.98. The van der Waals surface area contributed by atoms with Crippen LogP contribution in [-0.2, 0) is 0 Å². The number of allylic oxidation sites excluding steroid dienone is 4. The largest absolute Gasteiger partial charge is 0.288 e. The van der Waals surface area contributed by atoms with Crippen LogP contribution in [0.2, 0.25) is 0 Å². The number of rotatable bonds is 2. The maximum Gasteiger partial charge on any atom is 0.0675 e. The van der Waals surface area contributed by atoms with Gasteiger partial charge in [0.25, 0.3) is 0 Å². The molecule has 0 aromatic heterocycles. The number of hydrogen-bond acceptors (Lipinski definition) is 1. The van der Waals surface area contributed by atoms with Crippen LogP contribution in [-0.4, -0.2) is 12.8 Å². The summed E-state index contributed by atoms with van der Waals surface area (Å²) in [4.78, 5) is 4.40. The van der Waals surface area contributed by atoms with Gasteiger partial charge in [0.05, 0.1) is 5.71 Å². The molecule has 0 aliphatic heterocycles. The van der Waals surface area contributed by atoms with Crippen LogP contribution in [0.25, 0.3) is 0 Å². The molecule has 2 rings (SSSR count). The second-order valence-corrected chi connectivity index (χ2v) is 3.60. The molecule has 1 aromatic rings. The molecule has 15 heavy (non-hydrogen) atoms. The molecule has 0 unspecified atom stereocenters. The van der Waals surface area contributed by atoms with Crippen molar-refractivity contribution in [3.63, 3.8) is 0 Å². The summed E-state index contributed by atoms with van der Waals surface area (Å²) in [5, 5.41) is 0. The van der Waals surface area contributed by atoms with E-state index in [-0.39, 0.29) is 0 Å². The van der Waals surface area contributed by atoms with Gasteiger partial charge in [-0.3, -0.25) is 4.99 Å². The standard InChI is InChI=1S/C14H15N/c1-15-14(12-8-4-2-5-9-12)13-10-6-3-7-11-13/h2-6,8-10H,7,11H2,1H3/b15-14-. The maximum absolute atomic E-state index is 4.40. The van der Waals surface area contributed by atoms with Gasteiger partial charge >= 0.3 is 0 Å². The van der Waals surface area contributed by atoms with E-state index >= 15 is 0 Å². The van der Waals surface area contributed by atoms with E-state index in [2.05, 4.69) is 47.5 Å². The summed E-state index contributed by atoms with van der Waals surface area (Å²) in [5.41, 5.74) is 3.67. The molecule has 0 atom stereocenters. The fourth-order valence-corrected chi connectivity index (χ4v) is 1.85. The smallest absolute Gasteiger partial charge is 0.0675 e. The van der Waals surface area contributed by atoms with Crippen LogP contribution >= 0.6 is 0 Å². The minimum Gasteiger partial charge on any atom is -0.288 e. The van der Waals surface area contributed by atoms with Gasteiger partial charge in [-0.1, -0.05) is 48.6 Å². The molecule has 0 saturated carbocycles. The van der Waals surface area contributed by atoms with Gasteiger partial charge in [0.1, 0.15) is 0 Å². The summed E-state index contributed by atoms with van der Waals surface area (Å²) in [6.07, 6.45) is 8.70. The van der Waals surface area contributed by atoms with E-state index < -0.39 is 0 Å². The van der Waals surface area contributed by atoms with Crippen molar-refractivity contribution in [2.45, 2.75) is 12.8 Å². The first-order valence-electron chi connectivity index (χ1n) is 5.30. The van der Waals surface area contributed by atoms with Gasteiger partial charge < -0.3 is 0 Å². The molecule has 1 nitrogen and oxygen atoms in total. The Morgan fingerprint density at radius 3 is 2.60 bits per heavy atom. The molecule has 1 aromatic carbocycles. The molecular weight excluding hydrogens is 182 g/mol. The maximum atomic E-state index is 4.40. The summed E-state index contributed by atoms with van der Waals surface area (Å²) < 4.78 is 0. The summed E-state index contributed by atoms with van der Waals surface area (Å²) in [6, 6.07) is 10.4. The molecule has 0 N–H and O–H groups in total. The zero-order chi connectivity index (χ0) is 10.5. The van der Waals surface area contributed by atoms with Crippen LogP contribution in [0.4, 0.5) is 0 Å². The normalized spacial score (nSPS) is 16.3. The average molecular weight is 197 g/mol. The first kappa shape index (κ1) is 9.91. The van der Waals surface area contributed by atoms with Gasteiger partial charge in [0.2, 0.25) is 0 Å². The van der Waals surface area contributed by atoms with Crippen molar-refractivity contribution in [2.24, 2.45) is 4.99 Å². The quantitative estimate of drug-likeness (QED) is 0.644. The summed E-state index contributed by atoms with van der Waals surface area (Å²) in [5.74, 6) is 0. The molecule has 0 heterocycles. The highest BCUT2D eigenvalue weighted by Gasteiger charge is 2.09. The summed E-state index contributed by atoms with van der Waals surface area (Å²) >= 11 is 0. The molecule has 1 heteroatoms. The SMILES string of the molecule is C/N=C(\C1=CC=CCC1)c1ccccc1. The summed E-state index contributed by atoms with van der Waals surface area (Å²) in [7, 11) is 1.86. The van der Waals surface area contributed by atoms with Crippen LogP contribution in [0.1, 0.15) is 18.4 Å². The van der Waals surface area contributed by atoms with Crippen molar-refractivity contribution in [3.8, 4) is 0 Å². The molecule has 0 saturated heterocycles. The van der Waals surface area contributed by atoms with E-state index in [1.165, 1.54) is 11.1 Å². The first-order valence-corrected chi connectivity index (χ1v) is 5.30. The Hall–Kier alpha value is -1.63. The Kier molecular flexibility index (Phi) is 3.13. The third kappa shape index (κ3) is 2.24. The second kappa shape index (κ2) is 4.74. The number of nitrogens with zero attached hydrogens (tertiary/aromatic N) is 1. The Bertz CT molecular complexity index is 410. The van der Waals surface area contributed by atoms with Gasteiger partial charge in [-0.2, -0.15) is 0 Å². The highest BCUT2D eigenvalue weighted by atomic mass is 14.7. The lowest BCUT2D eigenvalue weighted by molar-refractivity contribution is 1.00. The van der Waals surface area contributed by atoms with Crippen LogP contribution in [0.3, 0.4) is 0 Å². The lowest BCUT2D eigenvalue weighted by Gasteiger charge is -2.11. The lowest BCUT2D eigenvalue weighted by Crippen LogP contribution is -2.06. The van der Waals surface area contributed by atoms with Gasteiger partial charge in [-0.05, 0) is 24.0 Å². The highest BCUT2D eigenvalue weighted by molar-refractivity contribution is 6.12. The van der Waals surface area contributed by atoms with E-state index in [0.717, 1.165) is 18.6 Å². The van der Waals surface area contributed by atoms with E-state index in [0.29, 0.717) is 0 Å². The van der Waals surface area contributed by atoms with Crippen LogP contribution < -0.4 is 0 Å². The van der Waals surface area contributed by atoms with Crippen LogP contribution in [0.5, 0.6) is 0 Å².